The average molecular weight is 1920 g/mol. The molecule has 2 aromatic rings. The van der Waals surface area contributed by atoms with E-state index in [-0.39, 0.29) is 118 Å². The number of alkyl carbamates (subject to hydrolysis) is 2. The lowest BCUT2D eigenvalue weighted by atomic mass is 9.89. The number of unbranched alkanes of at least 4 members (excludes halogenated alkanes) is 25. The minimum absolute atomic E-state index is 0.0653. The van der Waals surface area contributed by atoms with E-state index >= 15 is 0 Å². The van der Waals surface area contributed by atoms with Crippen molar-refractivity contribution >= 4 is 70.7 Å². The Bertz CT molecular complexity index is 3610. The van der Waals surface area contributed by atoms with Gasteiger partial charge < -0.3 is 139 Å². The van der Waals surface area contributed by atoms with Gasteiger partial charge in [-0.05, 0) is 117 Å². The maximum absolute atomic E-state index is 13.7. The topological polar surface area (TPSA) is 591 Å². The molecular formula is C99H172N10O26. The van der Waals surface area contributed by atoms with Crippen LogP contribution in [0.25, 0.3) is 0 Å². The molecule has 2 aliphatic heterocycles. The van der Waals surface area contributed by atoms with Gasteiger partial charge in [-0.3, -0.25) is 24.0 Å². The van der Waals surface area contributed by atoms with Crippen molar-refractivity contribution in [2.24, 2.45) is 52.7 Å². The minimum Gasteiger partial charge on any atom is -0.445 e. The van der Waals surface area contributed by atoms with E-state index in [4.69, 9.17) is 45.6 Å². The number of ketones is 3. The van der Waals surface area contributed by atoms with Crippen LogP contribution in [-0.4, -0.2) is 248 Å². The number of aliphatic hydroxyl groups excluding tert-OH is 10. The third-order valence-corrected chi connectivity index (χ3v) is 25.2. The highest BCUT2D eigenvalue weighted by molar-refractivity contribution is 5.98. The van der Waals surface area contributed by atoms with E-state index in [1.165, 1.54) is 109 Å². The smallest absolute Gasteiger partial charge is 0.407 e. The quantitative estimate of drug-likeness (QED) is 0.0274. The van der Waals surface area contributed by atoms with E-state index in [9.17, 15) is 99.0 Å². The summed E-state index contributed by atoms with van der Waals surface area (Å²) >= 11 is 0. The molecule has 135 heavy (non-hydrogen) atoms. The molecular weight excluding hydrogens is 1750 g/mol. The summed E-state index contributed by atoms with van der Waals surface area (Å²) in [5, 5.41) is 123. The zero-order valence-corrected chi connectivity index (χ0v) is 82.1. The minimum atomic E-state index is -1.68. The number of benzene rings is 2. The van der Waals surface area contributed by atoms with Crippen molar-refractivity contribution in [3.05, 3.63) is 59.7 Å². The Morgan fingerprint density at radius 2 is 0.756 bits per heavy atom. The van der Waals surface area contributed by atoms with Gasteiger partial charge in [-0.1, -0.05) is 247 Å². The Hall–Kier alpha value is -7.66. The lowest BCUT2D eigenvalue weighted by molar-refractivity contribution is -0.303. The third kappa shape index (κ3) is 51.2. The lowest BCUT2D eigenvalue weighted by Crippen LogP contribution is -2.60. The van der Waals surface area contributed by atoms with Crippen LogP contribution in [0.1, 0.15) is 317 Å². The first kappa shape index (κ1) is 122. The highest BCUT2D eigenvalue weighted by Crippen LogP contribution is 2.29. The summed E-state index contributed by atoms with van der Waals surface area (Å²) in [6.45, 7) is 15.1. The molecule has 23 N–H and O–H groups in total. The Morgan fingerprint density at radius 3 is 1.09 bits per heavy atom. The van der Waals surface area contributed by atoms with E-state index in [2.05, 4.69) is 51.1 Å². The molecule has 0 saturated carbocycles. The Morgan fingerprint density at radius 1 is 0.415 bits per heavy atom. The second kappa shape index (κ2) is 70.9. The number of urea groups is 2. The summed E-state index contributed by atoms with van der Waals surface area (Å²) in [5.74, 6) is -3.91. The normalized spacial score (nSPS) is 20.5. The monoisotopic (exact) mass is 1920 g/mol. The number of ether oxygens (including phenoxy) is 6. The number of nitrogens with one attached hydrogen (secondary N) is 7. The second-order valence-corrected chi connectivity index (χ2v) is 37.7. The molecule has 2 heterocycles. The fraction of sp³-hybridized carbons (Fsp3) is 0.778. The van der Waals surface area contributed by atoms with E-state index < -0.39 is 153 Å². The van der Waals surface area contributed by atoms with Gasteiger partial charge in [-0.25, -0.2) is 19.2 Å². The molecule has 20 atom stereocenters. The molecule has 0 aromatic heterocycles. The molecule has 2 aromatic carbocycles. The number of nitrogens with two attached hydrogens (primary N) is 3. The molecule has 0 spiro atoms. The number of carbonyl (C=O) groups is 10. The summed E-state index contributed by atoms with van der Waals surface area (Å²) in [6.07, 6.45) is 15.8. The number of aliphatic hydroxyl groups is 10. The number of hydrogen-bond acceptors (Lipinski definition) is 27. The van der Waals surface area contributed by atoms with E-state index in [1.807, 2.05) is 41.5 Å². The van der Waals surface area contributed by atoms with Crippen molar-refractivity contribution in [2.75, 3.05) is 50.2 Å². The van der Waals surface area contributed by atoms with Gasteiger partial charge in [0.15, 0.2) is 24.1 Å². The van der Waals surface area contributed by atoms with Crippen LogP contribution in [0.2, 0.25) is 0 Å². The van der Waals surface area contributed by atoms with Gasteiger partial charge in [0.1, 0.15) is 67.8 Å². The SMILES string of the molecule is CCCCCCCCCCCCCC[C@@H](C)[C@@H](O)[C@H](CO[C@H]1OC(CO)[C@H](O)[C@H](O)C1O)NC(=O)OCc1ccc(NC(=O)[C@H](CCCNC(N)=O)CC(=O)[C@@H](N)C(C)C)cc1.CCCCCCCCCCCCCC[C@@H](C)[C@@H](O)[C@H](CO[C@H]1OC(CO)[C@H](O)[C@H](O)C1O)NC(=O)OCc1ccc(NC(=O)[C@H](CCCNC(N)=O)CC(=O)[C@@H](NC(=O)CCCCCCC(C)=O)C(C)C)cc1. The standard InChI is InChI=1S/C54H93N5O14.C45H79N5O12/c1-6-7-8-9-10-11-12-13-14-15-16-19-23-37(4)47(64)42(35-71-52-50(67)49(66)48(65)44(33-60)73-52)58-54(70)72-34-39-27-29-41(30-28-39)57-51(68)40(25-22-31-56-53(55)69)32-43(62)46(36(2)3)59-45(63)26-21-18-17-20-24-38(5)61;1-5-6-7-8-9-10-11-12-13-14-15-16-18-30(4)38(53)34(28-60-43-41(56)40(55)39(54)36(26-51)62-43)50-45(59)61-27-31-20-22-33(23-21-31)49-42(57)32(19-17-24-48-44(47)58)25-35(52)37(46)29(2)3/h27-30,36-37,40,42,44,46-50,52,60,64-67H,6-26,31-35H2,1-5H3,(H,57,68)(H,58,70)(H,59,63)(H3,55,56,69);20-23,29-30,32,34,36-41,43,51,53-56H,5-19,24-28,46H2,1-4H3,(H,49,57)(H,50,59)(H3,47,48,58)/t37-,40-,42+,44?,46+,47-,48+,49+,50?,52+;30-,32-,34+,36?,37+,38-,39+,40+,41?,43+/m11/s1. The number of anilines is 2. The first-order valence-electron chi connectivity index (χ1n) is 50.0. The van der Waals surface area contributed by atoms with Crippen LogP contribution in [-0.2, 0) is 70.4 Å². The van der Waals surface area contributed by atoms with Crippen molar-refractivity contribution in [3.63, 3.8) is 0 Å². The molecule has 0 radical (unpaired) electrons. The van der Waals surface area contributed by atoms with Crippen LogP contribution >= 0.6 is 0 Å². The van der Waals surface area contributed by atoms with Gasteiger partial charge >= 0.3 is 24.2 Å². The Balaban J connectivity index is 0.000000704. The average Bonchev–Trinajstić information content (AvgIpc) is 0.817. The molecule has 2 saturated heterocycles. The van der Waals surface area contributed by atoms with Crippen molar-refractivity contribution in [1.82, 2.24) is 26.6 Å². The van der Waals surface area contributed by atoms with Crippen molar-refractivity contribution in [1.29, 1.82) is 0 Å². The first-order chi connectivity index (χ1) is 64.5. The molecule has 4 unspecified atom stereocenters. The number of hydrogen-bond donors (Lipinski definition) is 20. The first-order valence-corrected chi connectivity index (χ1v) is 50.0. The summed E-state index contributed by atoms with van der Waals surface area (Å²) in [7, 11) is 0. The summed E-state index contributed by atoms with van der Waals surface area (Å²) in [6, 6.07) is 8.04. The number of amides is 9. The fourth-order valence-corrected chi connectivity index (χ4v) is 16.3. The fourth-order valence-electron chi connectivity index (χ4n) is 16.3. The Labute approximate surface area is 800 Å². The van der Waals surface area contributed by atoms with E-state index in [0.717, 1.165) is 64.2 Å². The van der Waals surface area contributed by atoms with Gasteiger partial charge in [0.25, 0.3) is 0 Å². The zero-order chi connectivity index (χ0) is 100. The molecule has 0 aliphatic carbocycles. The van der Waals surface area contributed by atoms with E-state index in [1.54, 1.807) is 55.5 Å². The van der Waals surface area contributed by atoms with Gasteiger partial charge in [0.2, 0.25) is 17.7 Å². The molecule has 0 bridgehead atoms. The molecule has 2 aliphatic rings. The van der Waals surface area contributed by atoms with Gasteiger partial charge in [-0.2, -0.15) is 0 Å². The molecule has 4 rings (SSSR count). The predicted molar refractivity (Wildman–Crippen MR) is 513 cm³/mol. The van der Waals surface area contributed by atoms with Crippen LogP contribution in [0.5, 0.6) is 0 Å². The third-order valence-electron chi connectivity index (χ3n) is 25.2. The largest absolute Gasteiger partial charge is 0.445 e. The maximum atomic E-state index is 13.7. The molecule has 9 amide bonds. The van der Waals surface area contributed by atoms with Crippen LogP contribution in [0.4, 0.5) is 30.6 Å². The van der Waals surface area contributed by atoms with Gasteiger partial charge in [0, 0.05) is 62.0 Å². The zero-order valence-electron chi connectivity index (χ0n) is 82.1. The second-order valence-electron chi connectivity index (χ2n) is 37.7. The van der Waals surface area contributed by atoms with Gasteiger partial charge in [-0.15, -0.1) is 0 Å². The highest BCUT2D eigenvalue weighted by atomic mass is 16.7. The van der Waals surface area contributed by atoms with Crippen molar-refractivity contribution in [3.8, 4) is 0 Å². The van der Waals surface area contributed by atoms with Crippen LogP contribution in [0.3, 0.4) is 0 Å². The number of rotatable bonds is 72. The van der Waals surface area contributed by atoms with Crippen LogP contribution in [0.15, 0.2) is 48.5 Å². The van der Waals surface area contributed by atoms with E-state index in [0.29, 0.717) is 67.4 Å². The number of Topliss-reactive ketones (excluding diaryl/α,β-unsaturated/α-hetero) is 3. The number of carbonyl (C=O) groups excluding carboxylic acids is 10. The summed E-state index contributed by atoms with van der Waals surface area (Å²) < 4.78 is 33.5. The predicted octanol–water partition coefficient (Wildman–Crippen LogP) is 10.4. The van der Waals surface area contributed by atoms with Crippen molar-refractivity contribution < 1.29 is 127 Å². The maximum Gasteiger partial charge on any atom is 0.407 e. The van der Waals surface area contributed by atoms with Gasteiger partial charge in [0.05, 0.1) is 62.8 Å². The Kier molecular flexibility index (Phi) is 63.8. The highest BCUT2D eigenvalue weighted by Gasteiger charge is 2.47. The van der Waals surface area contributed by atoms with Crippen LogP contribution < -0.4 is 54.4 Å². The molecule has 36 heteroatoms. The van der Waals surface area contributed by atoms with Crippen LogP contribution in [0, 0.1) is 35.5 Å². The molecule has 36 nitrogen and oxygen atoms in total. The summed E-state index contributed by atoms with van der Waals surface area (Å²) in [5.41, 5.74) is 18.4. The van der Waals surface area contributed by atoms with Crippen molar-refractivity contribution in [2.45, 2.75) is 417 Å². The number of primary amides is 2. The lowest BCUT2D eigenvalue weighted by Gasteiger charge is -2.40. The molecule has 774 valence electrons. The summed E-state index contributed by atoms with van der Waals surface area (Å²) in [4.78, 5) is 126. The molecule has 2 fully saturated rings.